The van der Waals surface area contributed by atoms with Crippen LogP contribution in [0.25, 0.3) is 0 Å². The lowest BCUT2D eigenvalue weighted by Gasteiger charge is -2.36. The number of likely N-dealkylation sites (tertiary alicyclic amines) is 1. The zero-order chi connectivity index (χ0) is 28.7. The quantitative estimate of drug-likeness (QED) is 0.278. The van der Waals surface area contributed by atoms with E-state index in [2.05, 4.69) is 15.3 Å². The average Bonchev–Trinajstić information content (AvgIpc) is 3.61. The highest BCUT2D eigenvalue weighted by Gasteiger charge is 2.45. The number of hydrogen-bond acceptors (Lipinski definition) is 7. The first kappa shape index (κ1) is 26.6. The minimum atomic E-state index is -4.53. The van der Waals surface area contributed by atoms with Crippen molar-refractivity contribution in [2.75, 3.05) is 11.9 Å². The monoisotopic (exact) mass is 564 g/mol. The van der Waals surface area contributed by atoms with E-state index in [-0.39, 0.29) is 42.8 Å². The molecular formula is C29H23F3N4O5. The van der Waals surface area contributed by atoms with Gasteiger partial charge in [-0.3, -0.25) is 14.4 Å². The predicted octanol–water partition coefficient (Wildman–Crippen LogP) is 4.78. The lowest BCUT2D eigenvalue weighted by Crippen LogP contribution is -2.48. The zero-order valence-corrected chi connectivity index (χ0v) is 21.5. The Labute approximate surface area is 232 Å². The zero-order valence-electron chi connectivity index (χ0n) is 21.5. The van der Waals surface area contributed by atoms with E-state index in [0.717, 1.165) is 12.1 Å². The van der Waals surface area contributed by atoms with Crippen molar-refractivity contribution in [3.05, 3.63) is 82.5 Å². The number of piperidine rings is 1. The fourth-order valence-electron chi connectivity index (χ4n) is 5.37. The van der Waals surface area contributed by atoms with E-state index < -0.39 is 35.7 Å². The van der Waals surface area contributed by atoms with Gasteiger partial charge in [-0.15, -0.1) is 0 Å². The molecule has 4 heterocycles. The third kappa shape index (κ3) is 5.06. The Hall–Kier alpha value is -4.58. The molecule has 0 saturated carbocycles. The normalized spacial score (nSPS) is 19.3. The number of rotatable bonds is 4. The number of ether oxygens (including phenoxy) is 2. The second kappa shape index (κ2) is 10.4. The number of fused-ring (bicyclic) bond motifs is 4. The molecule has 2 atom stereocenters. The molecule has 1 aromatic heterocycles. The largest absolute Gasteiger partial charge is 0.488 e. The molecule has 6 rings (SSSR count). The highest BCUT2D eigenvalue weighted by atomic mass is 19.4. The van der Waals surface area contributed by atoms with Crippen LogP contribution in [0, 0.1) is 0 Å². The number of nitrogens with zero attached hydrogens (tertiary/aromatic N) is 3. The molecule has 41 heavy (non-hydrogen) atoms. The topological polar surface area (TPSA) is 110 Å². The third-order valence-electron chi connectivity index (χ3n) is 7.35. The summed E-state index contributed by atoms with van der Waals surface area (Å²) in [5, 5.41) is 2.61. The van der Waals surface area contributed by atoms with Crippen molar-refractivity contribution in [1.29, 1.82) is 0 Å². The third-order valence-corrected chi connectivity index (χ3v) is 7.35. The van der Waals surface area contributed by atoms with E-state index in [1.165, 1.54) is 23.4 Å². The number of carbonyl (C=O) groups is 3. The van der Waals surface area contributed by atoms with Crippen LogP contribution < -0.4 is 10.1 Å². The van der Waals surface area contributed by atoms with Gasteiger partial charge in [-0.05, 0) is 25.0 Å². The number of pyridine rings is 1. The van der Waals surface area contributed by atoms with E-state index in [9.17, 15) is 27.6 Å². The Balaban J connectivity index is 1.20. The minimum Gasteiger partial charge on any atom is -0.488 e. The molecule has 2 aromatic carbocycles. The summed E-state index contributed by atoms with van der Waals surface area (Å²) in [5.74, 6) is -1.72. The number of aliphatic imine (C=N–C) groups is 1. The number of aromatic nitrogens is 1. The first-order valence-corrected chi connectivity index (χ1v) is 12.9. The van der Waals surface area contributed by atoms with Crippen molar-refractivity contribution in [2.24, 2.45) is 4.99 Å². The molecule has 1 fully saturated rings. The van der Waals surface area contributed by atoms with E-state index in [0.29, 0.717) is 35.1 Å². The summed E-state index contributed by atoms with van der Waals surface area (Å²) in [6.45, 7) is 0.559. The highest BCUT2D eigenvalue weighted by molar-refractivity contribution is 6.39. The highest BCUT2D eigenvalue weighted by Crippen LogP contribution is 2.46. The van der Waals surface area contributed by atoms with Crippen molar-refractivity contribution in [1.82, 2.24) is 9.88 Å². The first-order chi connectivity index (χ1) is 19.7. The second-order valence-corrected chi connectivity index (χ2v) is 9.88. The van der Waals surface area contributed by atoms with Crippen LogP contribution >= 0.6 is 0 Å². The lowest BCUT2D eigenvalue weighted by atomic mass is 9.93. The maximum atomic E-state index is 13.3. The van der Waals surface area contributed by atoms with Crippen LogP contribution in [0.4, 0.5) is 24.7 Å². The number of anilines is 1. The van der Waals surface area contributed by atoms with Crippen LogP contribution in [-0.4, -0.2) is 46.3 Å². The maximum absolute atomic E-state index is 13.3. The van der Waals surface area contributed by atoms with E-state index >= 15 is 0 Å². The Morgan fingerprint density at radius 1 is 1.07 bits per heavy atom. The molecule has 3 aliphatic rings. The molecule has 1 N–H and O–H groups in total. The molecule has 9 nitrogen and oxygen atoms in total. The molecule has 210 valence electrons. The lowest BCUT2D eigenvalue weighted by molar-refractivity contribution is -0.147. The molecule has 0 bridgehead atoms. The Kier molecular flexibility index (Phi) is 6.78. The number of Topliss-reactive ketones (excluding diaryl/α,β-unsaturated/α-hetero) is 1. The summed E-state index contributed by atoms with van der Waals surface area (Å²) in [6, 6.07) is 11.2. The summed E-state index contributed by atoms with van der Waals surface area (Å²) in [4.78, 5) is 48.7. The SMILES string of the molecule is O=C(Nc1cnc(/N=C/C(=O)c2ccccc2)c2c1COC2)C(=O)N1CCC[C@@H]2Oc3cc(C(F)(F)F)ccc3[C@@H]21. The van der Waals surface area contributed by atoms with E-state index in [1.54, 1.807) is 30.3 Å². The van der Waals surface area contributed by atoms with Crippen molar-refractivity contribution >= 4 is 35.3 Å². The van der Waals surface area contributed by atoms with Crippen LogP contribution in [0.5, 0.6) is 5.75 Å². The molecule has 3 aromatic rings. The van der Waals surface area contributed by atoms with Gasteiger partial charge in [-0.1, -0.05) is 36.4 Å². The Morgan fingerprint density at radius 3 is 2.63 bits per heavy atom. The van der Waals surface area contributed by atoms with Gasteiger partial charge >= 0.3 is 18.0 Å². The number of benzene rings is 2. The fourth-order valence-corrected chi connectivity index (χ4v) is 5.37. The van der Waals surface area contributed by atoms with Crippen molar-refractivity contribution < 1.29 is 37.0 Å². The van der Waals surface area contributed by atoms with Crippen LogP contribution in [0.2, 0.25) is 0 Å². The smallest absolute Gasteiger partial charge is 0.416 e. The standard InChI is InChI=1S/C29H23F3N4O5/c30-29(31,32)17-8-9-18-24(11-17)41-23-7-4-10-36(25(18)23)28(39)27(38)35-21-12-33-26(20-15-40-14-19(20)21)34-13-22(37)16-5-2-1-3-6-16/h1-3,5-6,8-9,11-13,23,25H,4,7,10,14-15H2,(H,35,38)/b34-13+/t23-,25-/m0/s1. The van der Waals surface area contributed by atoms with Crippen molar-refractivity contribution in [3.63, 3.8) is 0 Å². The second-order valence-electron chi connectivity index (χ2n) is 9.88. The van der Waals surface area contributed by atoms with Gasteiger partial charge in [0.15, 0.2) is 5.82 Å². The molecule has 3 aliphatic heterocycles. The summed E-state index contributed by atoms with van der Waals surface area (Å²) in [6.07, 6.45) is -1.49. The van der Waals surface area contributed by atoms with Crippen LogP contribution in [0.15, 0.2) is 59.7 Å². The van der Waals surface area contributed by atoms with E-state index in [1.807, 2.05) is 0 Å². The van der Waals surface area contributed by atoms with Gasteiger partial charge in [0.1, 0.15) is 11.9 Å². The number of halogens is 3. The number of amides is 2. The minimum absolute atomic E-state index is 0.0657. The summed E-state index contributed by atoms with van der Waals surface area (Å²) >= 11 is 0. The fraction of sp³-hybridized carbons (Fsp3) is 0.276. The Morgan fingerprint density at radius 2 is 1.85 bits per heavy atom. The van der Waals surface area contributed by atoms with Crippen LogP contribution in [0.3, 0.4) is 0 Å². The molecule has 0 aliphatic carbocycles. The molecule has 2 amide bonds. The van der Waals surface area contributed by atoms with Gasteiger partial charge < -0.3 is 19.7 Å². The molecule has 12 heteroatoms. The summed E-state index contributed by atoms with van der Waals surface area (Å²) in [5.41, 5.74) is 1.52. The number of alkyl halides is 3. The van der Waals surface area contributed by atoms with Crippen LogP contribution in [-0.2, 0) is 33.7 Å². The van der Waals surface area contributed by atoms with Crippen molar-refractivity contribution in [3.8, 4) is 5.75 Å². The number of carbonyl (C=O) groups excluding carboxylic acids is 3. The summed E-state index contributed by atoms with van der Waals surface area (Å²) in [7, 11) is 0. The Bertz CT molecular complexity index is 1570. The van der Waals surface area contributed by atoms with E-state index in [4.69, 9.17) is 9.47 Å². The summed E-state index contributed by atoms with van der Waals surface area (Å²) < 4.78 is 50.9. The maximum Gasteiger partial charge on any atom is 0.416 e. The van der Waals surface area contributed by atoms with Gasteiger partial charge in [-0.2, -0.15) is 13.2 Å². The molecular weight excluding hydrogens is 541 g/mol. The molecule has 1 saturated heterocycles. The number of hydrogen-bond donors (Lipinski definition) is 1. The molecule has 0 radical (unpaired) electrons. The van der Waals surface area contributed by atoms with Gasteiger partial charge in [0.25, 0.3) is 0 Å². The van der Waals surface area contributed by atoms with Gasteiger partial charge in [0, 0.05) is 28.8 Å². The average molecular weight is 565 g/mol. The van der Waals surface area contributed by atoms with Crippen LogP contribution in [0.1, 0.15) is 51.5 Å². The number of nitrogens with one attached hydrogen (secondary N) is 1. The van der Waals surface area contributed by atoms with Crippen molar-refractivity contribution in [2.45, 2.75) is 44.4 Å². The number of ketones is 1. The molecule has 0 unspecified atom stereocenters. The predicted molar refractivity (Wildman–Crippen MR) is 140 cm³/mol. The molecule has 0 spiro atoms. The van der Waals surface area contributed by atoms with Gasteiger partial charge in [0.05, 0.1) is 42.9 Å². The van der Waals surface area contributed by atoms with Gasteiger partial charge in [-0.25, -0.2) is 9.98 Å². The first-order valence-electron chi connectivity index (χ1n) is 12.9. The van der Waals surface area contributed by atoms with Gasteiger partial charge in [0.2, 0.25) is 5.78 Å².